The first-order chi connectivity index (χ1) is 34.9. The summed E-state index contributed by atoms with van der Waals surface area (Å²) in [7, 11) is 0. The fraction of sp³-hybridized carbons (Fsp3) is 0.517. The Labute approximate surface area is 460 Å². The van der Waals surface area contributed by atoms with Crippen LogP contribution in [-0.2, 0) is 19.2 Å². The highest BCUT2D eigenvalue weighted by Gasteiger charge is 2.38. The minimum Gasteiger partial charge on any atom is -0.343 e. The summed E-state index contributed by atoms with van der Waals surface area (Å²) < 4.78 is 0. The molecule has 0 spiro atoms. The van der Waals surface area contributed by atoms with Crippen LogP contribution in [0.4, 0.5) is 0 Å². The van der Waals surface area contributed by atoms with Crippen LogP contribution in [0.2, 0.25) is 20.1 Å². The third-order valence-corrected chi connectivity index (χ3v) is 16.5. The molecule has 4 aromatic rings. The number of halogens is 5. The van der Waals surface area contributed by atoms with Gasteiger partial charge in [-0.25, -0.2) is 0 Å². The van der Waals surface area contributed by atoms with Gasteiger partial charge in [0.1, 0.15) is 0 Å². The van der Waals surface area contributed by atoms with Gasteiger partial charge in [0.2, 0.25) is 23.6 Å². The Balaban J connectivity index is 0.000000198. The number of hydrogen-bond donors (Lipinski definition) is 1. The van der Waals surface area contributed by atoms with Gasteiger partial charge >= 0.3 is 0 Å². The number of likely N-dealkylation sites (tertiary alicyclic amines) is 2. The molecule has 4 aromatic carbocycles. The molecule has 2 atom stereocenters. The molecule has 1 N–H and O–H groups in total. The van der Waals surface area contributed by atoms with E-state index in [2.05, 4.69) is 67.1 Å². The van der Waals surface area contributed by atoms with Crippen LogP contribution in [-0.4, -0.2) is 126 Å². The van der Waals surface area contributed by atoms with Crippen molar-refractivity contribution in [3.63, 3.8) is 0 Å². The maximum atomic E-state index is 13.3. The molecule has 73 heavy (non-hydrogen) atoms. The van der Waals surface area contributed by atoms with Crippen LogP contribution in [0.3, 0.4) is 0 Å². The smallest absolute Gasteiger partial charge is 0.222 e. The minimum absolute atomic E-state index is 0.0556. The van der Waals surface area contributed by atoms with Crippen molar-refractivity contribution >= 4 is 81.6 Å². The normalized spacial score (nSPS) is 19.2. The van der Waals surface area contributed by atoms with Gasteiger partial charge in [-0.05, 0) is 120 Å². The molecule has 2 unspecified atom stereocenters. The second-order valence-corrected chi connectivity index (χ2v) is 23.0. The first-order valence-corrected chi connectivity index (χ1v) is 28.0. The minimum atomic E-state index is -0.172. The van der Waals surface area contributed by atoms with Crippen molar-refractivity contribution in [2.24, 2.45) is 23.7 Å². The summed E-state index contributed by atoms with van der Waals surface area (Å²) in [6, 6.07) is 31.9. The molecule has 4 aliphatic rings. The molecule has 4 saturated heterocycles. The fourth-order valence-corrected chi connectivity index (χ4v) is 11.2. The van der Waals surface area contributed by atoms with Gasteiger partial charge in [0, 0.05) is 124 Å². The van der Waals surface area contributed by atoms with Crippen LogP contribution in [0.25, 0.3) is 0 Å². The van der Waals surface area contributed by atoms with E-state index in [1.807, 2.05) is 87.5 Å². The van der Waals surface area contributed by atoms with Gasteiger partial charge in [-0.3, -0.25) is 24.1 Å². The van der Waals surface area contributed by atoms with E-state index in [4.69, 9.17) is 58.0 Å². The van der Waals surface area contributed by atoms with Crippen molar-refractivity contribution in [2.45, 2.75) is 104 Å². The number of amides is 4. The molecule has 15 heteroatoms. The van der Waals surface area contributed by atoms with Crippen molar-refractivity contribution in [2.75, 3.05) is 65.4 Å². The molecule has 10 nitrogen and oxygen atoms in total. The van der Waals surface area contributed by atoms with Crippen molar-refractivity contribution < 1.29 is 19.2 Å². The molecular formula is C58H75Cl5N6O4. The zero-order valence-electron chi connectivity index (χ0n) is 43.4. The molecule has 0 aliphatic carbocycles. The number of piperazine rings is 2. The summed E-state index contributed by atoms with van der Waals surface area (Å²) >= 11 is 30.4. The number of hydrogen-bond acceptors (Lipinski definition) is 6. The highest BCUT2D eigenvalue weighted by atomic mass is 35.5. The summed E-state index contributed by atoms with van der Waals surface area (Å²) in [5.41, 5.74) is 4.41. The van der Waals surface area contributed by atoms with E-state index in [-0.39, 0.29) is 35.2 Å². The summed E-state index contributed by atoms with van der Waals surface area (Å²) in [6.45, 7) is 20.1. The van der Waals surface area contributed by atoms with Crippen LogP contribution in [0.5, 0.6) is 0 Å². The van der Waals surface area contributed by atoms with Gasteiger partial charge in [-0.1, -0.05) is 123 Å². The van der Waals surface area contributed by atoms with E-state index < -0.39 is 0 Å². The van der Waals surface area contributed by atoms with Crippen LogP contribution < -0.4 is 5.32 Å². The summed E-state index contributed by atoms with van der Waals surface area (Å²) in [4.78, 5) is 59.2. The molecule has 0 bridgehead atoms. The first kappa shape index (κ1) is 58.4. The van der Waals surface area contributed by atoms with Crippen molar-refractivity contribution in [1.29, 1.82) is 0 Å². The van der Waals surface area contributed by atoms with E-state index in [1.165, 1.54) is 11.1 Å². The van der Waals surface area contributed by atoms with Gasteiger partial charge in [0.15, 0.2) is 0 Å². The monoisotopic (exact) mass is 1090 g/mol. The Morgan fingerprint density at radius 1 is 0.493 bits per heavy atom. The quantitative estimate of drug-likeness (QED) is 0.150. The van der Waals surface area contributed by atoms with Crippen molar-refractivity contribution in [3.8, 4) is 0 Å². The average molecular weight is 1100 g/mol. The van der Waals surface area contributed by atoms with E-state index in [9.17, 15) is 19.2 Å². The predicted octanol–water partition coefficient (Wildman–Crippen LogP) is 12.3. The fourth-order valence-electron chi connectivity index (χ4n) is 10.4. The molecule has 4 fully saturated rings. The average Bonchev–Trinajstić information content (AvgIpc) is 3.38. The maximum absolute atomic E-state index is 13.3. The number of alkyl halides is 1. The van der Waals surface area contributed by atoms with Crippen LogP contribution >= 0.6 is 58.0 Å². The molecule has 0 radical (unpaired) electrons. The Morgan fingerprint density at radius 3 is 1.22 bits per heavy atom. The van der Waals surface area contributed by atoms with Gasteiger partial charge < -0.3 is 24.9 Å². The molecular weight excluding hydrogens is 1020 g/mol. The third kappa shape index (κ3) is 17.3. The van der Waals surface area contributed by atoms with E-state index in [1.54, 1.807) is 13.8 Å². The molecule has 4 amide bonds. The lowest BCUT2D eigenvalue weighted by molar-refractivity contribution is -0.137. The third-order valence-electron chi connectivity index (χ3n) is 15.0. The van der Waals surface area contributed by atoms with Crippen LogP contribution in [0.1, 0.15) is 114 Å². The lowest BCUT2D eigenvalue weighted by atomic mass is 9.90. The highest BCUT2D eigenvalue weighted by Crippen LogP contribution is 2.36. The van der Waals surface area contributed by atoms with Crippen molar-refractivity contribution in [3.05, 3.63) is 139 Å². The number of carbonyl (C=O) groups excluding carboxylic acids is 4. The zero-order valence-corrected chi connectivity index (χ0v) is 47.2. The molecule has 0 aromatic heterocycles. The van der Waals surface area contributed by atoms with E-state index in [0.717, 1.165) is 106 Å². The number of carbonyl (C=O) groups is 4. The number of nitrogens with one attached hydrogen (secondary N) is 1. The van der Waals surface area contributed by atoms with Crippen LogP contribution in [0.15, 0.2) is 97.1 Å². The van der Waals surface area contributed by atoms with Crippen molar-refractivity contribution in [1.82, 2.24) is 29.8 Å². The van der Waals surface area contributed by atoms with Crippen LogP contribution in [0, 0.1) is 23.7 Å². The maximum Gasteiger partial charge on any atom is 0.222 e. The first-order valence-electron chi connectivity index (χ1n) is 26.1. The standard InChI is InChI=1S/C29H37Cl2N3O2.C16H29N3O2.C13H9Cl3/c1-20(2)27-19-33(28(36)18-22-12-14-32(15-13-22)21(3)35)16-17-34(27)29(23-4-8-25(30)9-5-23)24-6-10-26(31)11-7-24;1-12(2)15-11-19(9-6-17-15)16(21)10-14-4-7-18(8-5-14)13(3)20;14-11-5-1-9(2-6-11)13(16)10-3-7-12(15)8-4-10/h4-11,20,22,27,29H,12-19H2,1-3H3;12,14-15,17H,4-11H2,1-3H3;1-8,13H. The number of nitrogens with zero attached hydrogens (tertiary/aromatic N) is 5. The molecule has 396 valence electrons. The lowest BCUT2D eigenvalue weighted by Crippen LogP contribution is -2.57. The van der Waals surface area contributed by atoms with E-state index in [0.29, 0.717) is 65.1 Å². The second kappa shape index (κ2) is 28.3. The lowest BCUT2D eigenvalue weighted by Gasteiger charge is -2.47. The Bertz CT molecular complexity index is 2280. The summed E-state index contributed by atoms with van der Waals surface area (Å²) in [6.07, 6.45) is 4.98. The summed E-state index contributed by atoms with van der Waals surface area (Å²) in [5.74, 6) is 2.56. The molecule has 0 saturated carbocycles. The number of benzene rings is 4. The van der Waals surface area contributed by atoms with Gasteiger partial charge in [0.25, 0.3) is 0 Å². The molecule has 4 heterocycles. The van der Waals surface area contributed by atoms with Gasteiger partial charge in [-0.2, -0.15) is 0 Å². The summed E-state index contributed by atoms with van der Waals surface area (Å²) in [5, 5.41) is 6.18. The second-order valence-electron chi connectivity index (χ2n) is 20.8. The Morgan fingerprint density at radius 2 is 0.863 bits per heavy atom. The Hall–Kier alpha value is -3.87. The molecule has 8 rings (SSSR count). The van der Waals surface area contributed by atoms with Gasteiger partial charge in [0.05, 0.1) is 11.4 Å². The topological polar surface area (TPSA) is 96.5 Å². The molecule has 4 aliphatic heterocycles. The Kier molecular flexibility index (Phi) is 22.6. The largest absolute Gasteiger partial charge is 0.343 e. The zero-order chi connectivity index (χ0) is 52.8. The number of rotatable bonds is 11. The SMILES string of the molecule is CC(=O)N1CCC(CC(=O)N2CCN(C(c3ccc(Cl)cc3)c3ccc(Cl)cc3)C(C(C)C)C2)CC1.CC(=O)N1CCC(CC(=O)N2CCNC(C(C)C)C2)CC1.Clc1ccc(C(Cl)c2ccc(Cl)cc2)cc1. The number of piperidine rings is 2. The van der Waals surface area contributed by atoms with Gasteiger partial charge in [-0.15, -0.1) is 11.6 Å². The highest BCUT2D eigenvalue weighted by molar-refractivity contribution is 6.31. The van der Waals surface area contributed by atoms with E-state index >= 15 is 0 Å². The predicted molar refractivity (Wildman–Crippen MR) is 300 cm³/mol.